The van der Waals surface area contributed by atoms with Gasteiger partial charge in [0.25, 0.3) is 0 Å². The molecule has 5 nitrogen and oxygen atoms in total. The molecule has 3 heterocycles. The van der Waals surface area contributed by atoms with Crippen molar-refractivity contribution in [2.24, 2.45) is 0 Å². The van der Waals surface area contributed by atoms with E-state index in [9.17, 15) is 4.79 Å². The first-order chi connectivity index (χ1) is 14.3. The number of rotatable bonds is 5. The van der Waals surface area contributed by atoms with E-state index in [-0.39, 0.29) is 5.76 Å². The van der Waals surface area contributed by atoms with Crippen LogP contribution in [0.4, 0.5) is 0 Å². The maximum absolute atomic E-state index is 11.8. The van der Waals surface area contributed by atoms with Crippen LogP contribution in [0.5, 0.6) is 0 Å². The summed E-state index contributed by atoms with van der Waals surface area (Å²) in [4.78, 5) is 11.8. The number of aromatic nitrogens is 2. The normalized spacial score (nSPS) is 11.8. The summed E-state index contributed by atoms with van der Waals surface area (Å²) in [6.07, 6.45) is 0.541. The molecular formula is C24H26N2O3Si. The van der Waals surface area contributed by atoms with E-state index in [1.54, 1.807) is 6.07 Å². The lowest BCUT2D eigenvalue weighted by molar-refractivity contribution is 0.0563. The molecule has 30 heavy (non-hydrogen) atoms. The standard InChI is InChI=1S/C24H26N2O3Si/c1-16-11-13-20-19(15-18-12-14-21(29-18)24(27)28-2)22(17-9-7-6-8-10-17)25-26(20)23(16)30(3,4)5/h6-14H,15H2,1-5H3. The van der Waals surface area contributed by atoms with Crippen molar-refractivity contribution in [2.75, 3.05) is 7.11 Å². The Labute approximate surface area is 177 Å². The monoisotopic (exact) mass is 418 g/mol. The molecule has 0 radical (unpaired) electrons. The second-order valence-electron chi connectivity index (χ2n) is 8.54. The van der Waals surface area contributed by atoms with Gasteiger partial charge in [0.2, 0.25) is 5.76 Å². The molecule has 0 unspecified atom stereocenters. The molecule has 0 spiro atoms. The Bertz CT molecular complexity index is 1220. The van der Waals surface area contributed by atoms with Crippen LogP contribution in [0.3, 0.4) is 0 Å². The number of fused-ring (bicyclic) bond motifs is 1. The van der Waals surface area contributed by atoms with Crippen LogP contribution in [0.1, 0.15) is 27.4 Å². The minimum Gasteiger partial charge on any atom is -0.463 e. The second kappa shape index (κ2) is 7.61. The number of hydrogen-bond donors (Lipinski definition) is 0. The fourth-order valence-electron chi connectivity index (χ4n) is 4.02. The highest BCUT2D eigenvalue weighted by Crippen LogP contribution is 2.29. The molecule has 0 aliphatic rings. The number of methoxy groups -OCH3 is 1. The van der Waals surface area contributed by atoms with Gasteiger partial charge in [-0.2, -0.15) is 5.10 Å². The highest BCUT2D eigenvalue weighted by molar-refractivity contribution is 6.88. The summed E-state index contributed by atoms with van der Waals surface area (Å²) >= 11 is 0. The van der Waals surface area contributed by atoms with Gasteiger partial charge in [-0.15, -0.1) is 0 Å². The van der Waals surface area contributed by atoms with Gasteiger partial charge in [0, 0.05) is 22.9 Å². The Hall–Kier alpha value is -3.12. The SMILES string of the molecule is COC(=O)c1ccc(Cc2c(-c3ccccc3)nn3c([Si](C)(C)C)c(C)ccc23)o1. The molecule has 0 bridgehead atoms. The predicted octanol–water partition coefficient (Wildman–Crippen LogP) is 4.83. The van der Waals surface area contributed by atoms with Gasteiger partial charge in [-0.05, 0) is 30.7 Å². The number of furan rings is 1. The zero-order valence-electron chi connectivity index (χ0n) is 18.0. The highest BCUT2D eigenvalue weighted by atomic mass is 28.3. The van der Waals surface area contributed by atoms with E-state index >= 15 is 0 Å². The van der Waals surface area contributed by atoms with Gasteiger partial charge in [-0.1, -0.05) is 56.0 Å². The summed E-state index contributed by atoms with van der Waals surface area (Å²) in [7, 11) is -0.294. The lowest BCUT2D eigenvalue weighted by Gasteiger charge is -2.20. The summed E-state index contributed by atoms with van der Waals surface area (Å²) < 4.78 is 12.7. The van der Waals surface area contributed by atoms with Gasteiger partial charge < -0.3 is 9.15 Å². The van der Waals surface area contributed by atoms with Crippen LogP contribution in [0.15, 0.2) is 59.0 Å². The largest absolute Gasteiger partial charge is 0.463 e. The quantitative estimate of drug-likeness (QED) is 0.344. The second-order valence-corrected chi connectivity index (χ2v) is 13.5. The zero-order chi connectivity index (χ0) is 21.5. The fraction of sp³-hybridized carbons (Fsp3) is 0.250. The number of aryl methyl sites for hydroxylation is 1. The Morgan fingerprint density at radius 2 is 1.80 bits per heavy atom. The third-order valence-electron chi connectivity index (χ3n) is 5.26. The van der Waals surface area contributed by atoms with E-state index in [0.29, 0.717) is 12.2 Å². The molecule has 0 amide bonds. The molecule has 1 aromatic carbocycles. The van der Waals surface area contributed by atoms with E-state index in [4.69, 9.17) is 14.3 Å². The molecule has 154 valence electrons. The van der Waals surface area contributed by atoms with E-state index in [1.807, 2.05) is 24.3 Å². The highest BCUT2D eigenvalue weighted by Gasteiger charge is 2.26. The third-order valence-corrected chi connectivity index (χ3v) is 7.28. The van der Waals surface area contributed by atoms with Crippen LogP contribution in [0.25, 0.3) is 16.8 Å². The van der Waals surface area contributed by atoms with Crippen LogP contribution in [-0.2, 0) is 11.2 Å². The number of esters is 1. The molecule has 0 fully saturated rings. The van der Waals surface area contributed by atoms with Crippen molar-refractivity contribution >= 4 is 24.9 Å². The van der Waals surface area contributed by atoms with Crippen LogP contribution < -0.4 is 5.32 Å². The average Bonchev–Trinajstić information content (AvgIpc) is 3.32. The molecule has 3 aromatic heterocycles. The van der Waals surface area contributed by atoms with Crippen LogP contribution in [0, 0.1) is 6.92 Å². The number of pyridine rings is 1. The molecule has 4 aromatic rings. The average molecular weight is 419 g/mol. The third kappa shape index (κ3) is 3.59. The summed E-state index contributed by atoms with van der Waals surface area (Å²) in [5.41, 5.74) is 5.44. The summed E-state index contributed by atoms with van der Waals surface area (Å²) in [5.74, 6) is 0.447. The molecule has 0 aliphatic heterocycles. The van der Waals surface area contributed by atoms with E-state index in [0.717, 1.165) is 22.3 Å². The van der Waals surface area contributed by atoms with E-state index < -0.39 is 14.0 Å². The molecular weight excluding hydrogens is 392 g/mol. The number of carbonyl (C=O) groups is 1. The number of carbonyl (C=O) groups excluding carboxylic acids is 1. The number of nitrogens with zero attached hydrogens (tertiary/aromatic N) is 2. The molecule has 0 saturated heterocycles. The minimum absolute atomic E-state index is 0.212. The van der Waals surface area contributed by atoms with Crippen molar-refractivity contribution in [1.82, 2.24) is 9.61 Å². The molecule has 6 heteroatoms. The topological polar surface area (TPSA) is 56.7 Å². The van der Waals surface area contributed by atoms with Crippen molar-refractivity contribution < 1.29 is 13.9 Å². The summed E-state index contributed by atoms with van der Waals surface area (Å²) in [5, 5.41) is 6.40. The number of hydrogen-bond acceptors (Lipinski definition) is 4. The maximum Gasteiger partial charge on any atom is 0.373 e. The number of ether oxygens (including phenoxy) is 1. The Balaban J connectivity index is 1.92. The first kappa shape index (κ1) is 20.2. The predicted molar refractivity (Wildman–Crippen MR) is 121 cm³/mol. The van der Waals surface area contributed by atoms with Crippen LogP contribution in [-0.4, -0.2) is 30.8 Å². The van der Waals surface area contributed by atoms with Gasteiger partial charge in [-0.25, -0.2) is 9.31 Å². The van der Waals surface area contributed by atoms with Gasteiger partial charge >= 0.3 is 5.97 Å². The van der Waals surface area contributed by atoms with Gasteiger partial charge in [-0.3, -0.25) is 0 Å². The molecule has 0 N–H and O–H groups in total. The van der Waals surface area contributed by atoms with Crippen molar-refractivity contribution in [3.05, 3.63) is 77.2 Å². The maximum atomic E-state index is 11.8. The Kier molecular flexibility index (Phi) is 5.11. The molecule has 0 aliphatic carbocycles. The minimum atomic E-state index is -1.64. The van der Waals surface area contributed by atoms with Gasteiger partial charge in [0.05, 0.1) is 18.3 Å². The van der Waals surface area contributed by atoms with Crippen LogP contribution >= 0.6 is 0 Å². The van der Waals surface area contributed by atoms with Crippen LogP contribution in [0.2, 0.25) is 19.6 Å². The summed E-state index contributed by atoms with van der Waals surface area (Å²) in [6.45, 7) is 9.18. The lowest BCUT2D eigenvalue weighted by atomic mass is 10.0. The van der Waals surface area contributed by atoms with Gasteiger partial charge in [0.1, 0.15) is 13.8 Å². The van der Waals surface area contributed by atoms with Crippen molar-refractivity contribution in [2.45, 2.75) is 33.0 Å². The van der Waals surface area contributed by atoms with Crippen molar-refractivity contribution in [1.29, 1.82) is 0 Å². The van der Waals surface area contributed by atoms with Crippen molar-refractivity contribution in [3.63, 3.8) is 0 Å². The van der Waals surface area contributed by atoms with Crippen molar-refractivity contribution in [3.8, 4) is 11.3 Å². The first-order valence-electron chi connectivity index (χ1n) is 10.0. The smallest absolute Gasteiger partial charge is 0.373 e. The molecule has 4 rings (SSSR count). The van der Waals surface area contributed by atoms with E-state index in [1.165, 1.54) is 18.0 Å². The molecule has 0 saturated carbocycles. The number of benzene rings is 1. The Morgan fingerprint density at radius 3 is 2.47 bits per heavy atom. The van der Waals surface area contributed by atoms with Gasteiger partial charge in [0.15, 0.2) is 0 Å². The zero-order valence-corrected chi connectivity index (χ0v) is 19.0. The summed E-state index contributed by atoms with van der Waals surface area (Å²) in [6, 6.07) is 18.0. The van der Waals surface area contributed by atoms with E-state index in [2.05, 4.69) is 55.3 Å². The first-order valence-corrected chi connectivity index (χ1v) is 13.5. The lowest BCUT2D eigenvalue weighted by Crippen LogP contribution is -2.44. The fourth-order valence-corrected chi connectivity index (χ4v) is 6.10. The Morgan fingerprint density at radius 1 is 1.07 bits per heavy atom. The molecule has 0 atom stereocenters.